The summed E-state index contributed by atoms with van der Waals surface area (Å²) in [6, 6.07) is 12.7. The summed E-state index contributed by atoms with van der Waals surface area (Å²) in [5.74, 6) is 1.38. The number of nitrogen functional groups attached to an aromatic ring is 1. The van der Waals surface area contributed by atoms with E-state index >= 15 is 0 Å². The van der Waals surface area contributed by atoms with Crippen molar-refractivity contribution >= 4 is 17.3 Å². The van der Waals surface area contributed by atoms with Gasteiger partial charge in [0.05, 0.1) is 6.61 Å². The Labute approximate surface area is 130 Å². The van der Waals surface area contributed by atoms with Crippen LogP contribution in [0, 0.1) is 12.8 Å². The van der Waals surface area contributed by atoms with Gasteiger partial charge in [0.25, 0.3) is 5.91 Å². The summed E-state index contributed by atoms with van der Waals surface area (Å²) in [5.41, 5.74) is 8.70. The summed E-state index contributed by atoms with van der Waals surface area (Å²) >= 11 is 0. The van der Waals surface area contributed by atoms with Crippen LogP contribution in [-0.2, 0) is 0 Å². The van der Waals surface area contributed by atoms with Crippen molar-refractivity contribution in [3.05, 3.63) is 53.6 Å². The molecule has 0 radical (unpaired) electrons. The monoisotopic (exact) mass is 296 g/mol. The van der Waals surface area contributed by atoms with Crippen LogP contribution in [0.1, 0.15) is 28.8 Å². The topological polar surface area (TPSA) is 64.3 Å². The number of hydrogen-bond donors (Lipinski definition) is 2. The molecule has 1 aliphatic rings. The van der Waals surface area contributed by atoms with Crippen LogP contribution < -0.4 is 15.8 Å². The molecule has 4 heteroatoms. The number of rotatable bonds is 5. The fraction of sp³-hybridized carbons (Fsp3) is 0.278. The molecule has 114 valence electrons. The van der Waals surface area contributed by atoms with Gasteiger partial charge in [-0.3, -0.25) is 4.79 Å². The maximum Gasteiger partial charge on any atom is 0.255 e. The lowest BCUT2D eigenvalue weighted by Gasteiger charge is -2.10. The normalized spacial score (nSPS) is 13.7. The number of nitrogens with two attached hydrogens (primary N) is 1. The highest BCUT2D eigenvalue weighted by Crippen LogP contribution is 2.29. The molecular weight excluding hydrogens is 276 g/mol. The third kappa shape index (κ3) is 3.58. The zero-order chi connectivity index (χ0) is 15.5. The Morgan fingerprint density at radius 1 is 1.23 bits per heavy atom. The van der Waals surface area contributed by atoms with Crippen molar-refractivity contribution in [3.63, 3.8) is 0 Å². The zero-order valence-corrected chi connectivity index (χ0v) is 12.6. The number of amides is 1. The van der Waals surface area contributed by atoms with E-state index < -0.39 is 0 Å². The number of anilines is 2. The molecule has 0 unspecified atom stereocenters. The largest absolute Gasteiger partial charge is 0.493 e. The molecule has 3 N–H and O–H groups in total. The molecule has 0 heterocycles. The number of ether oxygens (including phenoxy) is 1. The van der Waals surface area contributed by atoms with Gasteiger partial charge in [0, 0.05) is 16.9 Å². The van der Waals surface area contributed by atoms with Gasteiger partial charge >= 0.3 is 0 Å². The smallest absolute Gasteiger partial charge is 0.255 e. The third-order valence-corrected chi connectivity index (χ3v) is 3.81. The Hall–Kier alpha value is -2.49. The predicted octanol–water partition coefficient (Wildman–Crippen LogP) is 3.62. The molecule has 22 heavy (non-hydrogen) atoms. The third-order valence-electron chi connectivity index (χ3n) is 3.81. The van der Waals surface area contributed by atoms with Crippen molar-refractivity contribution in [1.82, 2.24) is 0 Å². The van der Waals surface area contributed by atoms with Gasteiger partial charge in [-0.15, -0.1) is 0 Å². The maximum absolute atomic E-state index is 12.3. The van der Waals surface area contributed by atoms with Gasteiger partial charge in [-0.2, -0.15) is 0 Å². The molecule has 1 saturated carbocycles. The van der Waals surface area contributed by atoms with E-state index in [-0.39, 0.29) is 5.91 Å². The van der Waals surface area contributed by atoms with Crippen molar-refractivity contribution in [2.45, 2.75) is 19.8 Å². The van der Waals surface area contributed by atoms with Crippen molar-refractivity contribution in [1.29, 1.82) is 0 Å². The summed E-state index contributed by atoms with van der Waals surface area (Å²) in [6.45, 7) is 2.71. The van der Waals surface area contributed by atoms with Gasteiger partial charge in [0.1, 0.15) is 5.75 Å². The first-order valence-corrected chi connectivity index (χ1v) is 7.52. The molecule has 0 spiro atoms. The van der Waals surface area contributed by atoms with E-state index in [1.807, 2.05) is 31.2 Å². The lowest BCUT2D eigenvalue weighted by Crippen LogP contribution is -2.13. The predicted molar refractivity (Wildman–Crippen MR) is 88.2 cm³/mol. The van der Waals surface area contributed by atoms with E-state index in [2.05, 4.69) is 5.32 Å². The van der Waals surface area contributed by atoms with Gasteiger partial charge in [-0.1, -0.05) is 6.07 Å². The Kier molecular flexibility index (Phi) is 4.00. The lowest BCUT2D eigenvalue weighted by molar-refractivity contribution is 0.102. The average Bonchev–Trinajstić information content (AvgIpc) is 3.33. The Balaban J connectivity index is 1.64. The van der Waals surface area contributed by atoms with Crippen LogP contribution in [0.25, 0.3) is 0 Å². The average molecular weight is 296 g/mol. The standard InChI is InChI=1S/C18H20N2O2/c1-12-2-7-15(19)10-17(12)20-18(21)14-5-8-16(9-6-14)22-11-13-3-4-13/h2,5-10,13H,3-4,11,19H2,1H3,(H,20,21). The number of nitrogens with one attached hydrogen (secondary N) is 1. The number of aryl methyl sites for hydroxylation is 1. The van der Waals surface area contributed by atoms with Crippen molar-refractivity contribution in [3.8, 4) is 5.75 Å². The molecule has 1 aliphatic carbocycles. The van der Waals surface area contributed by atoms with Gasteiger partial charge in [-0.25, -0.2) is 0 Å². The summed E-state index contributed by atoms with van der Waals surface area (Å²) < 4.78 is 5.67. The van der Waals surface area contributed by atoms with Gasteiger partial charge in [-0.05, 0) is 67.6 Å². The van der Waals surface area contributed by atoms with E-state index in [1.54, 1.807) is 18.2 Å². The van der Waals surface area contributed by atoms with Crippen LogP contribution in [0.3, 0.4) is 0 Å². The van der Waals surface area contributed by atoms with E-state index in [0.717, 1.165) is 29.5 Å². The molecule has 2 aromatic carbocycles. The summed E-state index contributed by atoms with van der Waals surface area (Å²) in [4.78, 5) is 12.3. The summed E-state index contributed by atoms with van der Waals surface area (Å²) in [6.07, 6.45) is 2.53. The molecule has 0 aromatic heterocycles. The summed E-state index contributed by atoms with van der Waals surface area (Å²) in [7, 11) is 0. The van der Waals surface area contributed by atoms with Crippen LogP contribution in [0.15, 0.2) is 42.5 Å². The Morgan fingerprint density at radius 3 is 2.64 bits per heavy atom. The fourth-order valence-electron chi connectivity index (χ4n) is 2.17. The van der Waals surface area contributed by atoms with Crippen LogP contribution in [0.2, 0.25) is 0 Å². The molecule has 0 bridgehead atoms. The van der Waals surface area contributed by atoms with Crippen LogP contribution in [0.5, 0.6) is 5.75 Å². The molecule has 3 rings (SSSR count). The quantitative estimate of drug-likeness (QED) is 0.828. The minimum Gasteiger partial charge on any atom is -0.493 e. The number of benzene rings is 2. The fourth-order valence-corrected chi connectivity index (χ4v) is 2.17. The number of carbonyl (C=O) groups excluding carboxylic acids is 1. The van der Waals surface area contributed by atoms with E-state index in [1.165, 1.54) is 12.8 Å². The second-order valence-corrected chi connectivity index (χ2v) is 5.81. The highest BCUT2D eigenvalue weighted by atomic mass is 16.5. The second kappa shape index (κ2) is 6.10. The van der Waals surface area contributed by atoms with Gasteiger partial charge in [0.2, 0.25) is 0 Å². The van der Waals surface area contributed by atoms with Crippen molar-refractivity contribution in [2.24, 2.45) is 5.92 Å². The SMILES string of the molecule is Cc1ccc(N)cc1NC(=O)c1ccc(OCC2CC2)cc1. The Bertz CT molecular complexity index is 676. The molecule has 0 atom stereocenters. The number of hydrogen-bond acceptors (Lipinski definition) is 3. The molecule has 2 aromatic rings. The minimum atomic E-state index is -0.151. The first kappa shape index (κ1) is 14.4. The molecule has 0 saturated heterocycles. The first-order valence-electron chi connectivity index (χ1n) is 7.52. The number of carbonyl (C=O) groups is 1. The van der Waals surface area contributed by atoms with Crippen molar-refractivity contribution < 1.29 is 9.53 Å². The second-order valence-electron chi connectivity index (χ2n) is 5.81. The zero-order valence-electron chi connectivity index (χ0n) is 12.6. The van der Waals surface area contributed by atoms with Gasteiger partial charge in [0.15, 0.2) is 0 Å². The maximum atomic E-state index is 12.3. The molecule has 1 fully saturated rings. The van der Waals surface area contributed by atoms with E-state index in [9.17, 15) is 4.79 Å². The van der Waals surface area contributed by atoms with Crippen LogP contribution in [-0.4, -0.2) is 12.5 Å². The van der Waals surface area contributed by atoms with Crippen LogP contribution >= 0.6 is 0 Å². The lowest BCUT2D eigenvalue weighted by atomic mass is 10.1. The summed E-state index contributed by atoms with van der Waals surface area (Å²) in [5, 5.41) is 2.89. The molecule has 0 aliphatic heterocycles. The van der Waals surface area contributed by atoms with Crippen LogP contribution in [0.4, 0.5) is 11.4 Å². The van der Waals surface area contributed by atoms with E-state index in [0.29, 0.717) is 11.3 Å². The minimum absolute atomic E-state index is 0.151. The van der Waals surface area contributed by atoms with E-state index in [4.69, 9.17) is 10.5 Å². The molecule has 4 nitrogen and oxygen atoms in total. The van der Waals surface area contributed by atoms with Crippen molar-refractivity contribution in [2.75, 3.05) is 17.7 Å². The van der Waals surface area contributed by atoms with Gasteiger partial charge < -0.3 is 15.8 Å². The molecule has 1 amide bonds. The highest BCUT2D eigenvalue weighted by molar-refractivity contribution is 6.04. The molecular formula is C18H20N2O2. The highest BCUT2D eigenvalue weighted by Gasteiger charge is 2.21. The Morgan fingerprint density at radius 2 is 1.95 bits per heavy atom. The first-order chi connectivity index (χ1) is 10.6.